The van der Waals surface area contributed by atoms with Gasteiger partial charge in [0.05, 0.1) is 15.9 Å². The molecular formula is C13H19N3S. The molecule has 2 heterocycles. The zero-order valence-electron chi connectivity index (χ0n) is 10.6. The van der Waals surface area contributed by atoms with Crippen LogP contribution in [0.25, 0.3) is 10.2 Å². The van der Waals surface area contributed by atoms with Crippen molar-refractivity contribution in [1.82, 2.24) is 15.3 Å². The molecule has 92 valence electrons. The molecule has 3 nitrogen and oxygen atoms in total. The van der Waals surface area contributed by atoms with Crippen LogP contribution in [0.4, 0.5) is 0 Å². The Morgan fingerprint density at radius 1 is 1.35 bits per heavy atom. The highest BCUT2D eigenvalue weighted by Crippen LogP contribution is 2.28. The second kappa shape index (κ2) is 5.56. The fraction of sp³-hybridized carbons (Fsp3) is 0.538. The first-order valence-electron chi connectivity index (χ1n) is 6.15. The summed E-state index contributed by atoms with van der Waals surface area (Å²) < 4.78 is 1.23. The second-order valence-corrected chi connectivity index (χ2v) is 5.34. The Bertz CT molecular complexity index is 480. The minimum absolute atomic E-state index is 0.408. The fourth-order valence-corrected chi connectivity index (χ4v) is 2.85. The molecule has 0 aromatic carbocycles. The number of aromatic nitrogens is 2. The average Bonchev–Trinajstić information content (AvgIpc) is 2.82. The predicted octanol–water partition coefficient (Wildman–Crippen LogP) is 3.18. The molecule has 2 aromatic rings. The van der Waals surface area contributed by atoms with Crippen molar-refractivity contribution in [2.75, 3.05) is 6.54 Å². The van der Waals surface area contributed by atoms with Crippen molar-refractivity contribution in [2.45, 2.75) is 39.2 Å². The van der Waals surface area contributed by atoms with Gasteiger partial charge in [0.1, 0.15) is 6.33 Å². The number of thiophene rings is 1. The molecule has 0 fully saturated rings. The number of hydrogen-bond donors (Lipinski definition) is 1. The molecule has 0 aliphatic rings. The smallest absolute Gasteiger partial charge is 0.116 e. The number of fused-ring (bicyclic) bond motifs is 1. The Hall–Kier alpha value is -1.000. The summed E-state index contributed by atoms with van der Waals surface area (Å²) in [6.07, 6.45) is 2.84. The van der Waals surface area contributed by atoms with Crippen molar-refractivity contribution in [3.63, 3.8) is 0 Å². The first-order chi connectivity index (χ1) is 8.24. The van der Waals surface area contributed by atoms with E-state index in [-0.39, 0.29) is 0 Å². The van der Waals surface area contributed by atoms with Gasteiger partial charge in [-0.3, -0.25) is 0 Å². The van der Waals surface area contributed by atoms with Crippen LogP contribution in [0.3, 0.4) is 0 Å². The van der Waals surface area contributed by atoms with Gasteiger partial charge < -0.3 is 5.32 Å². The highest BCUT2D eigenvalue weighted by atomic mass is 32.1. The van der Waals surface area contributed by atoms with E-state index in [0.29, 0.717) is 12.0 Å². The molecule has 4 heteroatoms. The lowest BCUT2D eigenvalue weighted by atomic mass is 9.99. The number of nitrogens with zero attached hydrogens (tertiary/aromatic N) is 2. The number of rotatable bonds is 5. The summed E-state index contributed by atoms with van der Waals surface area (Å²) >= 11 is 1.73. The molecule has 2 aromatic heterocycles. The van der Waals surface area contributed by atoms with Gasteiger partial charge in [0.15, 0.2) is 0 Å². The van der Waals surface area contributed by atoms with Crippen molar-refractivity contribution in [3.05, 3.63) is 23.5 Å². The van der Waals surface area contributed by atoms with Crippen LogP contribution in [-0.2, 0) is 0 Å². The number of hydrogen-bond acceptors (Lipinski definition) is 4. The molecule has 17 heavy (non-hydrogen) atoms. The Kier molecular flexibility index (Phi) is 4.07. The molecule has 0 spiro atoms. The van der Waals surface area contributed by atoms with Crippen LogP contribution in [0.1, 0.15) is 38.8 Å². The van der Waals surface area contributed by atoms with Crippen molar-refractivity contribution < 1.29 is 0 Å². The highest BCUT2D eigenvalue weighted by molar-refractivity contribution is 7.17. The van der Waals surface area contributed by atoms with Gasteiger partial charge in [0, 0.05) is 12.0 Å². The summed E-state index contributed by atoms with van der Waals surface area (Å²) in [5.74, 6) is 0.408. The SMILES string of the molecule is CCCNC(C)C(C)c1ncnc2ccsc12. The molecule has 2 atom stereocenters. The monoisotopic (exact) mass is 249 g/mol. The maximum atomic E-state index is 4.47. The summed E-state index contributed by atoms with van der Waals surface area (Å²) in [7, 11) is 0. The molecule has 0 aliphatic carbocycles. The molecule has 0 saturated heterocycles. The van der Waals surface area contributed by atoms with Crippen LogP contribution < -0.4 is 5.32 Å². The normalized spacial score (nSPS) is 15.0. The van der Waals surface area contributed by atoms with Crippen LogP contribution >= 0.6 is 11.3 Å². The van der Waals surface area contributed by atoms with Crippen LogP contribution in [0, 0.1) is 0 Å². The first kappa shape index (κ1) is 12.5. The lowest BCUT2D eigenvalue weighted by Gasteiger charge is -2.20. The van der Waals surface area contributed by atoms with Gasteiger partial charge in [-0.2, -0.15) is 0 Å². The van der Waals surface area contributed by atoms with Crippen LogP contribution in [0.2, 0.25) is 0 Å². The average molecular weight is 249 g/mol. The number of nitrogens with one attached hydrogen (secondary N) is 1. The van der Waals surface area contributed by atoms with E-state index in [1.54, 1.807) is 17.7 Å². The third-order valence-electron chi connectivity index (χ3n) is 3.17. The quantitative estimate of drug-likeness (QED) is 0.884. The Morgan fingerprint density at radius 3 is 2.94 bits per heavy atom. The summed E-state index contributed by atoms with van der Waals surface area (Å²) in [5, 5.41) is 5.61. The first-order valence-corrected chi connectivity index (χ1v) is 7.03. The maximum Gasteiger partial charge on any atom is 0.116 e. The van der Waals surface area contributed by atoms with Crippen molar-refractivity contribution in [2.24, 2.45) is 0 Å². The van der Waals surface area contributed by atoms with Crippen molar-refractivity contribution in [3.8, 4) is 0 Å². The molecule has 1 N–H and O–H groups in total. The summed E-state index contributed by atoms with van der Waals surface area (Å²) in [6, 6.07) is 2.50. The summed E-state index contributed by atoms with van der Waals surface area (Å²) in [5.41, 5.74) is 2.23. The molecule has 0 saturated carbocycles. The van der Waals surface area contributed by atoms with Crippen LogP contribution in [-0.4, -0.2) is 22.6 Å². The third-order valence-corrected chi connectivity index (χ3v) is 4.09. The van der Waals surface area contributed by atoms with Gasteiger partial charge >= 0.3 is 0 Å². The molecule has 2 unspecified atom stereocenters. The molecule has 0 amide bonds. The second-order valence-electron chi connectivity index (χ2n) is 4.43. The van der Waals surface area contributed by atoms with Gasteiger partial charge in [0.2, 0.25) is 0 Å². The van der Waals surface area contributed by atoms with Gasteiger partial charge in [-0.25, -0.2) is 9.97 Å². The zero-order chi connectivity index (χ0) is 12.3. The maximum absolute atomic E-state index is 4.47. The molecule has 0 bridgehead atoms. The minimum Gasteiger partial charge on any atom is -0.314 e. The van der Waals surface area contributed by atoms with E-state index >= 15 is 0 Å². The standard InChI is InChI=1S/C13H19N3S/c1-4-6-14-10(3)9(2)12-13-11(5-7-17-13)15-8-16-12/h5,7-10,14H,4,6H2,1-3H3. The summed E-state index contributed by atoms with van der Waals surface area (Å²) in [4.78, 5) is 8.75. The largest absolute Gasteiger partial charge is 0.314 e. The Labute approximate surface area is 106 Å². The predicted molar refractivity (Wildman–Crippen MR) is 73.6 cm³/mol. The lowest BCUT2D eigenvalue weighted by molar-refractivity contribution is 0.477. The molecule has 2 rings (SSSR count). The topological polar surface area (TPSA) is 37.8 Å². The van der Waals surface area contributed by atoms with E-state index in [9.17, 15) is 0 Å². The molecule has 0 radical (unpaired) electrons. The van der Waals surface area contributed by atoms with E-state index in [2.05, 4.69) is 47.5 Å². The van der Waals surface area contributed by atoms with Gasteiger partial charge in [-0.05, 0) is 31.3 Å². The Morgan fingerprint density at radius 2 is 2.18 bits per heavy atom. The van der Waals surface area contributed by atoms with Gasteiger partial charge in [0.25, 0.3) is 0 Å². The van der Waals surface area contributed by atoms with E-state index in [4.69, 9.17) is 0 Å². The molecular weight excluding hydrogens is 230 g/mol. The van der Waals surface area contributed by atoms with Gasteiger partial charge in [-0.1, -0.05) is 13.8 Å². The lowest BCUT2D eigenvalue weighted by Crippen LogP contribution is -2.31. The van der Waals surface area contributed by atoms with Crippen molar-refractivity contribution >= 4 is 21.6 Å². The minimum atomic E-state index is 0.408. The van der Waals surface area contributed by atoms with Gasteiger partial charge in [-0.15, -0.1) is 11.3 Å². The zero-order valence-corrected chi connectivity index (χ0v) is 11.4. The van der Waals surface area contributed by atoms with E-state index in [1.165, 1.54) is 10.4 Å². The van der Waals surface area contributed by atoms with Crippen molar-refractivity contribution in [1.29, 1.82) is 0 Å². The van der Waals surface area contributed by atoms with E-state index in [1.807, 2.05) is 0 Å². The van der Waals surface area contributed by atoms with E-state index in [0.717, 1.165) is 18.5 Å². The van der Waals surface area contributed by atoms with Crippen LogP contribution in [0.15, 0.2) is 17.8 Å². The Balaban J connectivity index is 2.23. The van der Waals surface area contributed by atoms with E-state index < -0.39 is 0 Å². The summed E-state index contributed by atoms with van der Waals surface area (Å²) in [6.45, 7) is 7.70. The van der Waals surface area contributed by atoms with Crippen LogP contribution in [0.5, 0.6) is 0 Å². The fourth-order valence-electron chi connectivity index (χ4n) is 1.92. The molecule has 0 aliphatic heterocycles. The third kappa shape index (κ3) is 2.64. The highest BCUT2D eigenvalue weighted by Gasteiger charge is 2.18.